The number of benzene rings is 2. The highest BCUT2D eigenvalue weighted by Crippen LogP contribution is 2.18. The van der Waals surface area contributed by atoms with Gasteiger partial charge in [-0.15, -0.1) is 0 Å². The quantitative estimate of drug-likeness (QED) is 0.808. The molecule has 0 unspecified atom stereocenters. The SMILES string of the molecule is NCc1ccc(Cn2ncc3ccccc3c2=O)c(Cl)c1. The molecule has 0 saturated carbocycles. The minimum Gasteiger partial charge on any atom is -0.326 e. The van der Waals surface area contributed by atoms with E-state index < -0.39 is 0 Å². The van der Waals surface area contributed by atoms with Gasteiger partial charge in [0.1, 0.15) is 0 Å². The van der Waals surface area contributed by atoms with E-state index >= 15 is 0 Å². The van der Waals surface area contributed by atoms with Crippen LogP contribution in [-0.4, -0.2) is 9.78 Å². The number of aromatic nitrogens is 2. The Hall–Kier alpha value is -2.17. The molecule has 4 nitrogen and oxygen atoms in total. The van der Waals surface area contributed by atoms with Gasteiger partial charge in [0.05, 0.1) is 18.1 Å². The van der Waals surface area contributed by atoms with E-state index in [4.69, 9.17) is 17.3 Å². The predicted octanol–water partition coefficient (Wildman–Crippen LogP) is 2.56. The fraction of sp³-hybridized carbons (Fsp3) is 0.125. The molecule has 0 atom stereocenters. The van der Waals surface area contributed by atoms with Crippen LogP contribution in [0, 0.1) is 0 Å². The number of hydrogen-bond acceptors (Lipinski definition) is 3. The first kappa shape index (κ1) is 13.8. The summed E-state index contributed by atoms with van der Waals surface area (Å²) in [4.78, 5) is 12.4. The summed E-state index contributed by atoms with van der Waals surface area (Å²) in [5.74, 6) is 0. The summed E-state index contributed by atoms with van der Waals surface area (Å²) in [6.45, 7) is 0.779. The van der Waals surface area contributed by atoms with Gasteiger partial charge in [-0.05, 0) is 23.3 Å². The van der Waals surface area contributed by atoms with Gasteiger partial charge in [-0.25, -0.2) is 4.68 Å². The summed E-state index contributed by atoms with van der Waals surface area (Å²) in [6.07, 6.45) is 1.69. The highest BCUT2D eigenvalue weighted by Gasteiger charge is 2.07. The average Bonchev–Trinajstić information content (AvgIpc) is 2.52. The molecule has 0 saturated heterocycles. The Morgan fingerprint density at radius 1 is 1.19 bits per heavy atom. The maximum atomic E-state index is 12.4. The summed E-state index contributed by atoms with van der Waals surface area (Å²) < 4.78 is 1.42. The van der Waals surface area contributed by atoms with Gasteiger partial charge in [-0.3, -0.25) is 4.79 Å². The lowest BCUT2D eigenvalue weighted by Gasteiger charge is -2.09. The lowest BCUT2D eigenvalue weighted by atomic mass is 10.1. The summed E-state index contributed by atoms with van der Waals surface area (Å²) in [6, 6.07) is 13.0. The molecule has 1 heterocycles. The molecule has 1 aromatic heterocycles. The van der Waals surface area contributed by atoms with Gasteiger partial charge < -0.3 is 5.73 Å². The molecular weight excluding hydrogens is 286 g/mol. The zero-order chi connectivity index (χ0) is 14.8. The van der Waals surface area contributed by atoms with E-state index in [0.717, 1.165) is 16.5 Å². The standard InChI is InChI=1S/C16H14ClN3O/c17-15-7-11(8-18)5-6-13(15)10-20-16(21)14-4-2-1-3-12(14)9-19-20/h1-7,9H,8,10,18H2. The van der Waals surface area contributed by atoms with Crippen molar-refractivity contribution in [1.82, 2.24) is 9.78 Å². The van der Waals surface area contributed by atoms with Crippen LogP contribution in [-0.2, 0) is 13.1 Å². The zero-order valence-corrected chi connectivity index (χ0v) is 12.0. The molecule has 0 spiro atoms. The van der Waals surface area contributed by atoms with Crippen LogP contribution in [0.2, 0.25) is 5.02 Å². The third-order valence-corrected chi connectivity index (χ3v) is 3.79. The van der Waals surface area contributed by atoms with Crippen molar-refractivity contribution in [1.29, 1.82) is 0 Å². The van der Waals surface area contributed by atoms with E-state index in [1.165, 1.54) is 4.68 Å². The molecule has 0 aliphatic heterocycles. The molecular formula is C16H14ClN3O. The molecule has 0 aliphatic carbocycles. The lowest BCUT2D eigenvalue weighted by Crippen LogP contribution is -2.23. The van der Waals surface area contributed by atoms with Crippen LogP contribution in [0.4, 0.5) is 0 Å². The molecule has 2 N–H and O–H groups in total. The average molecular weight is 300 g/mol. The van der Waals surface area contributed by atoms with Crippen LogP contribution >= 0.6 is 11.6 Å². The molecule has 3 aromatic rings. The Morgan fingerprint density at radius 3 is 2.76 bits per heavy atom. The van der Waals surface area contributed by atoms with Gasteiger partial charge >= 0.3 is 0 Å². The first-order valence-electron chi connectivity index (χ1n) is 6.61. The van der Waals surface area contributed by atoms with Crippen molar-refractivity contribution in [3.63, 3.8) is 0 Å². The van der Waals surface area contributed by atoms with Gasteiger partial charge in [-0.2, -0.15) is 5.10 Å². The Bertz CT molecular complexity index is 858. The third kappa shape index (κ3) is 2.68. The summed E-state index contributed by atoms with van der Waals surface area (Å²) >= 11 is 6.23. The number of nitrogens with zero attached hydrogens (tertiary/aromatic N) is 2. The molecule has 2 aromatic carbocycles. The maximum Gasteiger partial charge on any atom is 0.274 e. The predicted molar refractivity (Wildman–Crippen MR) is 84.4 cm³/mol. The van der Waals surface area contributed by atoms with Crippen molar-refractivity contribution < 1.29 is 0 Å². The normalized spacial score (nSPS) is 11.0. The van der Waals surface area contributed by atoms with Crippen molar-refractivity contribution in [2.45, 2.75) is 13.1 Å². The molecule has 106 valence electrons. The molecule has 0 amide bonds. The van der Waals surface area contributed by atoms with Crippen LogP contribution < -0.4 is 11.3 Å². The molecule has 0 aliphatic rings. The molecule has 5 heteroatoms. The van der Waals surface area contributed by atoms with Gasteiger partial charge in [0.2, 0.25) is 0 Å². The Kier molecular flexibility index (Phi) is 3.73. The first-order chi connectivity index (χ1) is 10.2. The number of nitrogens with two attached hydrogens (primary N) is 1. The fourth-order valence-corrected chi connectivity index (χ4v) is 2.51. The van der Waals surface area contributed by atoms with Gasteiger partial charge in [-0.1, -0.05) is 41.9 Å². The van der Waals surface area contributed by atoms with Gasteiger partial charge in [0.15, 0.2) is 0 Å². The van der Waals surface area contributed by atoms with E-state index in [9.17, 15) is 4.79 Å². The van der Waals surface area contributed by atoms with Crippen molar-refractivity contribution in [3.05, 3.63) is 75.2 Å². The smallest absolute Gasteiger partial charge is 0.274 e. The summed E-state index contributed by atoms with van der Waals surface area (Å²) in [5, 5.41) is 6.29. The zero-order valence-electron chi connectivity index (χ0n) is 11.3. The highest BCUT2D eigenvalue weighted by molar-refractivity contribution is 6.31. The van der Waals surface area contributed by atoms with E-state index in [1.807, 2.05) is 36.4 Å². The lowest BCUT2D eigenvalue weighted by molar-refractivity contribution is 0.647. The second-order valence-corrected chi connectivity index (χ2v) is 5.23. The Morgan fingerprint density at radius 2 is 2.00 bits per heavy atom. The summed E-state index contributed by atoms with van der Waals surface area (Å²) in [5.41, 5.74) is 7.27. The van der Waals surface area contributed by atoms with Crippen LogP contribution in [0.25, 0.3) is 10.8 Å². The molecule has 0 bridgehead atoms. The monoisotopic (exact) mass is 299 g/mol. The molecule has 21 heavy (non-hydrogen) atoms. The van der Waals surface area contributed by atoms with Crippen LogP contribution in [0.5, 0.6) is 0 Å². The van der Waals surface area contributed by atoms with Crippen molar-refractivity contribution >= 4 is 22.4 Å². The third-order valence-electron chi connectivity index (χ3n) is 3.44. The molecule has 0 radical (unpaired) electrons. The maximum absolute atomic E-state index is 12.4. The minimum atomic E-state index is -0.118. The minimum absolute atomic E-state index is 0.118. The number of halogens is 1. The Balaban J connectivity index is 2.02. The highest BCUT2D eigenvalue weighted by atomic mass is 35.5. The second-order valence-electron chi connectivity index (χ2n) is 4.82. The molecule has 0 fully saturated rings. The van der Waals surface area contributed by atoms with Crippen molar-refractivity contribution in [3.8, 4) is 0 Å². The van der Waals surface area contributed by atoms with Crippen molar-refractivity contribution in [2.24, 2.45) is 5.73 Å². The van der Waals surface area contributed by atoms with E-state index in [1.54, 1.807) is 12.3 Å². The van der Waals surface area contributed by atoms with Gasteiger partial charge in [0, 0.05) is 17.0 Å². The van der Waals surface area contributed by atoms with E-state index in [-0.39, 0.29) is 5.56 Å². The molecule has 3 rings (SSSR count). The first-order valence-corrected chi connectivity index (χ1v) is 6.99. The number of hydrogen-bond donors (Lipinski definition) is 1. The van der Waals surface area contributed by atoms with E-state index in [2.05, 4.69) is 5.10 Å². The van der Waals surface area contributed by atoms with Crippen LogP contribution in [0.3, 0.4) is 0 Å². The van der Waals surface area contributed by atoms with E-state index in [0.29, 0.717) is 23.5 Å². The Labute approximate surface area is 126 Å². The fourth-order valence-electron chi connectivity index (χ4n) is 2.25. The van der Waals surface area contributed by atoms with Crippen LogP contribution in [0.15, 0.2) is 53.5 Å². The number of rotatable bonds is 3. The van der Waals surface area contributed by atoms with Crippen LogP contribution in [0.1, 0.15) is 11.1 Å². The van der Waals surface area contributed by atoms with Crippen molar-refractivity contribution in [2.75, 3.05) is 0 Å². The second kappa shape index (κ2) is 5.68. The van der Waals surface area contributed by atoms with Gasteiger partial charge in [0.25, 0.3) is 5.56 Å². The topological polar surface area (TPSA) is 60.9 Å². The summed E-state index contributed by atoms with van der Waals surface area (Å²) in [7, 11) is 0. The largest absolute Gasteiger partial charge is 0.326 e. The number of fused-ring (bicyclic) bond motifs is 1.